The van der Waals surface area contributed by atoms with Crippen LogP contribution in [0.2, 0.25) is 0 Å². The topological polar surface area (TPSA) is 97.5 Å². The fraction of sp³-hybridized carbons (Fsp3) is 0.257. The first-order valence-electron chi connectivity index (χ1n) is 15.0. The first-order chi connectivity index (χ1) is 22.8. The largest absolute Gasteiger partial charge is 0.478 e. The van der Waals surface area contributed by atoms with E-state index in [-0.39, 0.29) is 59.2 Å². The number of pyridine rings is 1. The molecule has 6 rings (SSSR count). The maximum atomic E-state index is 15.6. The monoisotopic (exact) mass is 664 g/mol. The van der Waals surface area contributed by atoms with Gasteiger partial charge in [-0.3, -0.25) is 4.79 Å². The Labute approximate surface area is 271 Å². The van der Waals surface area contributed by atoms with Crippen LogP contribution < -0.4 is 4.74 Å². The number of hydrogen-bond donors (Lipinski definition) is 1. The summed E-state index contributed by atoms with van der Waals surface area (Å²) in [6.07, 6.45) is -0.903. The Bertz CT molecular complexity index is 2060. The van der Waals surface area contributed by atoms with Crippen LogP contribution in [0.25, 0.3) is 22.3 Å². The van der Waals surface area contributed by atoms with Crippen LogP contribution in [-0.4, -0.2) is 54.9 Å². The highest BCUT2D eigenvalue weighted by Crippen LogP contribution is 2.34. The summed E-state index contributed by atoms with van der Waals surface area (Å²) in [4.78, 5) is 33.7. The Balaban J connectivity index is 1.30. The highest BCUT2D eigenvalue weighted by molar-refractivity contribution is 5.92. The van der Waals surface area contributed by atoms with Crippen molar-refractivity contribution >= 4 is 22.9 Å². The summed E-state index contributed by atoms with van der Waals surface area (Å²) < 4.78 is 81.4. The number of carbonyl (C=O) groups is 2. The van der Waals surface area contributed by atoms with E-state index in [4.69, 9.17) is 4.74 Å². The molecular weight excluding hydrogens is 635 g/mol. The van der Waals surface area contributed by atoms with Crippen molar-refractivity contribution in [3.63, 3.8) is 0 Å². The Hall–Kier alpha value is -5.33. The number of nitrogens with zero attached hydrogens (tertiary/aromatic N) is 4. The number of imidazole rings is 1. The standard InChI is InChI=1S/C35H29F5N4O4/c1-19-6-7-22(26(36)10-19)17-48-33-5-3-4-29(42-33)25-14-27(37)23(11-28(25)38)13-32-41-30-9-8-21(34(46)47)12-31(30)43(32)16-24-15-35(39,40)18-44(24)20(2)45/h3-12,14,24H,13,15-18H2,1-2H3,(H,46,47)/t24-/m1/s1. The molecule has 0 unspecified atom stereocenters. The van der Waals surface area contributed by atoms with Crippen molar-refractivity contribution in [2.75, 3.05) is 6.54 Å². The summed E-state index contributed by atoms with van der Waals surface area (Å²) >= 11 is 0. The first kappa shape index (κ1) is 32.6. The summed E-state index contributed by atoms with van der Waals surface area (Å²) in [6, 6.07) is 14.3. The molecule has 3 aromatic carbocycles. The normalized spacial score (nSPS) is 15.6. The molecule has 1 amide bonds. The fourth-order valence-electron chi connectivity index (χ4n) is 5.94. The number of hydrogen-bond acceptors (Lipinski definition) is 5. The van der Waals surface area contributed by atoms with E-state index < -0.39 is 54.3 Å². The highest BCUT2D eigenvalue weighted by Gasteiger charge is 2.46. The molecule has 0 radical (unpaired) electrons. The predicted molar refractivity (Wildman–Crippen MR) is 165 cm³/mol. The molecule has 13 heteroatoms. The van der Waals surface area contributed by atoms with E-state index in [9.17, 15) is 27.9 Å². The zero-order valence-corrected chi connectivity index (χ0v) is 25.8. The van der Waals surface area contributed by atoms with Crippen LogP contribution in [0.15, 0.2) is 66.7 Å². The summed E-state index contributed by atoms with van der Waals surface area (Å²) in [5.41, 5.74) is 1.38. The third-order valence-electron chi connectivity index (χ3n) is 8.32. The minimum Gasteiger partial charge on any atom is -0.478 e. The van der Waals surface area contributed by atoms with E-state index in [2.05, 4.69) is 9.97 Å². The maximum absolute atomic E-state index is 15.6. The van der Waals surface area contributed by atoms with Crippen LogP contribution >= 0.6 is 0 Å². The minimum atomic E-state index is -3.13. The van der Waals surface area contributed by atoms with Crippen LogP contribution in [0.3, 0.4) is 0 Å². The second kappa shape index (κ2) is 12.7. The number of rotatable bonds is 9. The summed E-state index contributed by atoms with van der Waals surface area (Å²) in [5.74, 6) is -6.72. The van der Waals surface area contributed by atoms with Gasteiger partial charge in [0.15, 0.2) is 0 Å². The summed E-state index contributed by atoms with van der Waals surface area (Å²) in [7, 11) is 0. The highest BCUT2D eigenvalue weighted by atomic mass is 19.3. The first-order valence-corrected chi connectivity index (χ1v) is 15.0. The number of carboxylic acid groups (broad SMARTS) is 1. The van der Waals surface area contributed by atoms with Crippen LogP contribution in [0.4, 0.5) is 22.0 Å². The molecule has 0 saturated carbocycles. The number of aromatic nitrogens is 3. The number of amides is 1. The van der Waals surface area contributed by atoms with Gasteiger partial charge in [0.25, 0.3) is 5.92 Å². The second-order valence-corrected chi connectivity index (χ2v) is 11.9. The Morgan fingerprint density at radius 3 is 2.46 bits per heavy atom. The number of fused-ring (bicyclic) bond motifs is 1. The van der Waals surface area contributed by atoms with Gasteiger partial charge >= 0.3 is 5.97 Å². The second-order valence-electron chi connectivity index (χ2n) is 11.9. The van der Waals surface area contributed by atoms with Gasteiger partial charge in [-0.05, 0) is 60.5 Å². The smallest absolute Gasteiger partial charge is 0.335 e. The molecular formula is C35H29F5N4O4. The number of alkyl halides is 2. The quantitative estimate of drug-likeness (QED) is 0.172. The van der Waals surface area contributed by atoms with E-state index in [0.29, 0.717) is 11.1 Å². The molecule has 1 N–H and O–H groups in total. The lowest BCUT2D eigenvalue weighted by atomic mass is 10.0. The van der Waals surface area contributed by atoms with Crippen molar-refractivity contribution < 1.29 is 41.4 Å². The lowest BCUT2D eigenvalue weighted by molar-refractivity contribution is -0.131. The fourth-order valence-corrected chi connectivity index (χ4v) is 5.94. The van der Waals surface area contributed by atoms with Crippen molar-refractivity contribution in [1.82, 2.24) is 19.4 Å². The number of ether oxygens (including phenoxy) is 1. The van der Waals surface area contributed by atoms with Crippen LogP contribution in [-0.2, 0) is 24.4 Å². The number of carbonyl (C=O) groups excluding carboxylic acids is 1. The minimum absolute atomic E-state index is 0.0692. The van der Waals surface area contributed by atoms with Gasteiger partial charge in [-0.15, -0.1) is 0 Å². The van der Waals surface area contributed by atoms with Crippen molar-refractivity contribution in [2.45, 2.75) is 51.8 Å². The van der Waals surface area contributed by atoms with Gasteiger partial charge in [0, 0.05) is 43.5 Å². The van der Waals surface area contributed by atoms with Crippen molar-refractivity contribution in [3.05, 3.63) is 112 Å². The summed E-state index contributed by atoms with van der Waals surface area (Å²) in [5, 5.41) is 9.55. The molecule has 248 valence electrons. The van der Waals surface area contributed by atoms with Crippen LogP contribution in [0.1, 0.15) is 46.2 Å². The Morgan fingerprint density at radius 1 is 0.958 bits per heavy atom. The molecule has 1 aliphatic rings. The molecule has 5 aromatic rings. The number of likely N-dealkylation sites (tertiary alicyclic amines) is 1. The lowest BCUT2D eigenvalue weighted by Crippen LogP contribution is -2.37. The number of carboxylic acids is 1. The molecule has 1 saturated heterocycles. The maximum Gasteiger partial charge on any atom is 0.335 e. The molecule has 1 atom stereocenters. The van der Waals surface area contributed by atoms with Gasteiger partial charge in [0.1, 0.15) is 29.9 Å². The molecule has 2 aromatic heterocycles. The SMILES string of the molecule is CC(=O)N1CC(F)(F)C[C@@H]1Cn1c(Cc2cc(F)c(-c3cccc(OCc4ccc(C)cc4F)n3)cc2F)nc2ccc(C(=O)O)cc21. The lowest BCUT2D eigenvalue weighted by Gasteiger charge is -2.24. The van der Waals surface area contributed by atoms with Crippen molar-refractivity contribution in [1.29, 1.82) is 0 Å². The van der Waals surface area contributed by atoms with E-state index in [1.54, 1.807) is 25.1 Å². The zero-order valence-electron chi connectivity index (χ0n) is 25.8. The molecule has 3 heterocycles. The summed E-state index contributed by atoms with van der Waals surface area (Å²) in [6.45, 7) is 1.88. The third kappa shape index (κ3) is 6.71. The Kier molecular flexibility index (Phi) is 8.63. The Morgan fingerprint density at radius 2 is 1.73 bits per heavy atom. The molecule has 8 nitrogen and oxygen atoms in total. The molecule has 1 aliphatic heterocycles. The van der Waals surface area contributed by atoms with Gasteiger partial charge in [-0.2, -0.15) is 0 Å². The van der Waals surface area contributed by atoms with Gasteiger partial charge in [0.2, 0.25) is 11.8 Å². The molecule has 0 spiro atoms. The third-order valence-corrected chi connectivity index (χ3v) is 8.32. The zero-order chi connectivity index (χ0) is 34.3. The number of aryl methyl sites for hydroxylation is 1. The van der Waals surface area contributed by atoms with Gasteiger partial charge < -0.3 is 19.3 Å². The van der Waals surface area contributed by atoms with E-state index in [1.807, 2.05) is 0 Å². The van der Waals surface area contributed by atoms with Crippen molar-refractivity contribution in [3.8, 4) is 17.1 Å². The molecule has 0 bridgehead atoms. The van der Waals surface area contributed by atoms with Crippen LogP contribution in [0.5, 0.6) is 5.88 Å². The van der Waals surface area contributed by atoms with Gasteiger partial charge in [0.05, 0.1) is 34.9 Å². The number of benzene rings is 3. The molecule has 1 fully saturated rings. The number of aromatic carboxylic acids is 1. The average Bonchev–Trinajstić information content (AvgIpc) is 3.53. The van der Waals surface area contributed by atoms with E-state index in [1.165, 1.54) is 47.9 Å². The molecule has 48 heavy (non-hydrogen) atoms. The van der Waals surface area contributed by atoms with Gasteiger partial charge in [-0.25, -0.2) is 36.7 Å². The van der Waals surface area contributed by atoms with Gasteiger partial charge in [-0.1, -0.05) is 18.2 Å². The van der Waals surface area contributed by atoms with Crippen molar-refractivity contribution in [2.24, 2.45) is 0 Å². The van der Waals surface area contributed by atoms with E-state index >= 15 is 8.78 Å². The van der Waals surface area contributed by atoms with E-state index in [0.717, 1.165) is 22.6 Å². The number of halogens is 5. The molecule has 0 aliphatic carbocycles. The van der Waals surface area contributed by atoms with Crippen LogP contribution in [0, 0.1) is 24.4 Å². The predicted octanol–water partition coefficient (Wildman–Crippen LogP) is 6.95. The average molecular weight is 665 g/mol.